The predicted octanol–water partition coefficient (Wildman–Crippen LogP) is 2.35. The summed E-state index contributed by atoms with van der Waals surface area (Å²) in [5, 5.41) is 14.9. The number of carbonyl (C=O) groups excluding carboxylic acids is 1. The van der Waals surface area contributed by atoms with Crippen molar-refractivity contribution >= 4 is 28.6 Å². The highest BCUT2D eigenvalue weighted by atomic mass is 32.2. The molecule has 0 aliphatic carbocycles. The number of rotatable bonds is 6. The number of hydrogen-bond acceptors (Lipinski definition) is 7. The van der Waals surface area contributed by atoms with Crippen LogP contribution in [0.5, 0.6) is 11.5 Å². The van der Waals surface area contributed by atoms with Crippen LogP contribution in [-0.2, 0) is 4.79 Å². The third-order valence-electron chi connectivity index (χ3n) is 4.50. The quantitative estimate of drug-likeness (QED) is 0.808. The highest BCUT2D eigenvalue weighted by Crippen LogP contribution is 2.33. The summed E-state index contributed by atoms with van der Waals surface area (Å²) in [4.78, 5) is 16.4. The average molecular weight is 395 g/mol. The van der Waals surface area contributed by atoms with Crippen molar-refractivity contribution in [3.8, 4) is 17.6 Å². The Balaban J connectivity index is 2.15. The molecule has 1 aliphatic rings. The van der Waals surface area contributed by atoms with E-state index >= 15 is 0 Å². The number of carbonyl (C=O) groups is 1. The highest BCUT2D eigenvalue weighted by Gasteiger charge is 2.40. The zero-order chi connectivity index (χ0) is 20.1. The number of fused-ring (bicyclic) bond motifs is 1. The van der Waals surface area contributed by atoms with Gasteiger partial charge in [-0.1, -0.05) is 30.0 Å². The molecule has 6 nitrogen and oxygen atoms in total. The van der Waals surface area contributed by atoms with Crippen LogP contribution in [0.1, 0.15) is 6.92 Å². The van der Waals surface area contributed by atoms with Crippen LogP contribution in [-0.4, -0.2) is 31.3 Å². The molecule has 0 aromatic heterocycles. The summed E-state index contributed by atoms with van der Waals surface area (Å²) in [5.41, 5.74) is -0.153. The van der Waals surface area contributed by atoms with Gasteiger partial charge in [0.2, 0.25) is 0 Å². The predicted molar refractivity (Wildman–Crippen MR) is 110 cm³/mol. The Hall–Kier alpha value is -2.98. The molecule has 2 unspecified atom stereocenters. The van der Waals surface area contributed by atoms with Crippen LogP contribution < -0.4 is 25.4 Å². The van der Waals surface area contributed by atoms with E-state index in [9.17, 15) is 10.1 Å². The number of para-hydroxylation sites is 1. The molecule has 2 atom stereocenters. The van der Waals surface area contributed by atoms with Crippen molar-refractivity contribution in [1.82, 2.24) is 0 Å². The van der Waals surface area contributed by atoms with E-state index < -0.39 is 11.6 Å². The van der Waals surface area contributed by atoms with Crippen molar-refractivity contribution in [3.63, 3.8) is 0 Å². The van der Waals surface area contributed by atoms with Crippen LogP contribution in [0.4, 0.5) is 5.69 Å². The molecule has 144 valence electrons. The average Bonchev–Trinajstić information content (AvgIpc) is 2.72. The van der Waals surface area contributed by atoms with Crippen molar-refractivity contribution in [1.29, 1.82) is 5.26 Å². The molecule has 1 aliphatic heterocycles. The van der Waals surface area contributed by atoms with E-state index in [0.717, 1.165) is 22.7 Å². The van der Waals surface area contributed by atoms with E-state index in [0.29, 0.717) is 22.6 Å². The summed E-state index contributed by atoms with van der Waals surface area (Å²) in [7, 11) is 3.13. The normalized spacial score (nSPS) is 20.0. The van der Waals surface area contributed by atoms with Gasteiger partial charge in [0.15, 0.2) is 16.6 Å². The molecule has 0 saturated carbocycles. The standard InChI is InChI=1S/C21H21N3O3S/c1-14(25)28-13-21(12-22)11-15-9-18(26-2)19(27-3)10-17(15)24-20(21)23-16-7-5-4-6-8-16/h4-11,20,23H,13H2,1-3H3. The molecule has 2 aromatic carbocycles. The smallest absolute Gasteiger partial charge is 0.185 e. The third kappa shape index (κ3) is 3.97. The highest BCUT2D eigenvalue weighted by molar-refractivity contribution is 8.13. The lowest BCUT2D eigenvalue weighted by molar-refractivity contribution is -0.109. The Morgan fingerprint density at radius 2 is 1.93 bits per heavy atom. The molecule has 7 heteroatoms. The summed E-state index contributed by atoms with van der Waals surface area (Å²) in [5.74, 6) is 1.42. The summed E-state index contributed by atoms with van der Waals surface area (Å²) < 4.78 is 10.8. The van der Waals surface area contributed by atoms with Gasteiger partial charge in [0.25, 0.3) is 0 Å². The first-order valence-electron chi connectivity index (χ1n) is 8.70. The van der Waals surface area contributed by atoms with Gasteiger partial charge in [-0.15, -0.1) is 0 Å². The second kappa shape index (κ2) is 8.36. The molecule has 0 fully saturated rings. The van der Waals surface area contributed by atoms with Crippen molar-refractivity contribution in [2.75, 3.05) is 25.3 Å². The van der Waals surface area contributed by atoms with Gasteiger partial charge < -0.3 is 14.8 Å². The Bertz CT molecular complexity index is 1030. The lowest BCUT2D eigenvalue weighted by Gasteiger charge is -2.32. The lowest BCUT2D eigenvalue weighted by atomic mass is 9.85. The van der Waals surface area contributed by atoms with Crippen molar-refractivity contribution < 1.29 is 14.3 Å². The maximum atomic E-state index is 11.6. The molecule has 28 heavy (non-hydrogen) atoms. The van der Waals surface area contributed by atoms with E-state index in [1.165, 1.54) is 6.92 Å². The van der Waals surface area contributed by atoms with Gasteiger partial charge in [0.05, 0.1) is 25.6 Å². The Labute approximate surface area is 167 Å². The summed E-state index contributed by atoms with van der Waals surface area (Å²) >= 11 is 1.12. The molecule has 3 rings (SSSR count). The number of benzene rings is 2. The fraction of sp³-hybridized carbons (Fsp3) is 0.286. The van der Waals surface area contributed by atoms with Crippen molar-refractivity contribution in [2.24, 2.45) is 10.4 Å². The summed E-state index contributed by atoms with van der Waals surface area (Å²) in [6, 6.07) is 15.6. The number of anilines is 1. The van der Waals surface area contributed by atoms with Crippen molar-refractivity contribution in [3.05, 3.63) is 53.0 Å². The number of hydrogen-bond donors (Lipinski definition) is 1. The molecular weight excluding hydrogens is 374 g/mol. The Morgan fingerprint density at radius 3 is 2.54 bits per heavy atom. The van der Waals surface area contributed by atoms with Gasteiger partial charge >= 0.3 is 0 Å². The first-order chi connectivity index (χ1) is 13.5. The first-order valence-corrected chi connectivity index (χ1v) is 9.69. The van der Waals surface area contributed by atoms with Gasteiger partial charge in [-0.05, 0) is 24.3 Å². The minimum absolute atomic E-state index is 0.0420. The second-order valence-electron chi connectivity index (χ2n) is 6.38. The minimum atomic E-state index is -1.00. The molecule has 2 aromatic rings. The molecule has 1 heterocycles. The lowest BCUT2D eigenvalue weighted by Crippen LogP contribution is -2.47. The second-order valence-corrected chi connectivity index (χ2v) is 7.54. The molecule has 0 saturated heterocycles. The van der Waals surface area contributed by atoms with Gasteiger partial charge in [0, 0.05) is 29.6 Å². The topological polar surface area (TPSA) is 83.7 Å². The van der Waals surface area contributed by atoms with E-state index in [-0.39, 0.29) is 5.12 Å². The number of thioether (sulfide) groups is 1. The van der Waals surface area contributed by atoms with E-state index in [1.807, 2.05) is 36.4 Å². The van der Waals surface area contributed by atoms with Crippen LogP contribution in [0, 0.1) is 16.7 Å². The maximum Gasteiger partial charge on any atom is 0.185 e. The van der Waals surface area contributed by atoms with Crippen molar-refractivity contribution in [2.45, 2.75) is 13.1 Å². The molecular formula is C21H21N3O3S. The van der Waals surface area contributed by atoms with Gasteiger partial charge in [0.1, 0.15) is 11.6 Å². The van der Waals surface area contributed by atoms with E-state index in [4.69, 9.17) is 14.5 Å². The first kappa shape index (κ1) is 19.8. The number of nitrogens with zero attached hydrogens (tertiary/aromatic N) is 2. The van der Waals surface area contributed by atoms with E-state index in [1.54, 1.807) is 26.4 Å². The van der Waals surface area contributed by atoms with Crippen LogP contribution in [0.15, 0.2) is 47.5 Å². The van der Waals surface area contributed by atoms with Crippen LogP contribution in [0.2, 0.25) is 0 Å². The van der Waals surface area contributed by atoms with Gasteiger partial charge in [-0.25, -0.2) is 0 Å². The SMILES string of the molecule is COc1cc2c(cc1OC)=NC(Nc1ccccc1)C(C#N)(CSC(C)=O)C=2. The largest absolute Gasteiger partial charge is 0.493 e. The van der Waals surface area contributed by atoms with Crippen LogP contribution >= 0.6 is 11.8 Å². The molecule has 0 amide bonds. The molecule has 0 radical (unpaired) electrons. The third-order valence-corrected chi connectivity index (χ3v) is 5.53. The zero-order valence-electron chi connectivity index (χ0n) is 15.9. The Morgan fingerprint density at radius 1 is 1.25 bits per heavy atom. The number of nitrogens with one attached hydrogen (secondary N) is 1. The van der Waals surface area contributed by atoms with Gasteiger partial charge in [-0.2, -0.15) is 5.26 Å². The monoisotopic (exact) mass is 395 g/mol. The summed E-state index contributed by atoms with van der Waals surface area (Å²) in [6.45, 7) is 1.50. The molecule has 0 spiro atoms. The Kier molecular flexibility index (Phi) is 5.90. The fourth-order valence-electron chi connectivity index (χ4n) is 3.04. The van der Waals surface area contributed by atoms with Gasteiger partial charge in [-0.3, -0.25) is 9.79 Å². The van der Waals surface area contributed by atoms with E-state index in [2.05, 4.69) is 11.4 Å². The summed E-state index contributed by atoms with van der Waals surface area (Å²) in [6.07, 6.45) is 1.31. The molecule has 0 bridgehead atoms. The maximum absolute atomic E-state index is 11.6. The number of ether oxygens (including phenoxy) is 2. The zero-order valence-corrected chi connectivity index (χ0v) is 16.7. The number of nitriles is 1. The molecule has 1 N–H and O–H groups in total. The fourth-order valence-corrected chi connectivity index (χ4v) is 3.79. The minimum Gasteiger partial charge on any atom is -0.493 e. The van der Waals surface area contributed by atoms with Crippen LogP contribution in [0.25, 0.3) is 6.08 Å². The van der Waals surface area contributed by atoms with Crippen LogP contribution in [0.3, 0.4) is 0 Å². The number of methoxy groups -OCH3 is 2.